The molecule has 0 amide bonds. The summed E-state index contributed by atoms with van der Waals surface area (Å²) >= 11 is 2.38. The summed E-state index contributed by atoms with van der Waals surface area (Å²) in [7, 11) is 0. The predicted octanol–water partition coefficient (Wildman–Crippen LogP) is 4.83. The molecule has 0 aliphatic carbocycles. The zero-order chi connectivity index (χ0) is 13.2. The number of nitrogens with one attached hydrogen (secondary N) is 1. The van der Waals surface area contributed by atoms with E-state index in [1.165, 1.54) is 19.9 Å². The van der Waals surface area contributed by atoms with Crippen LogP contribution in [0.25, 0.3) is 16.8 Å². The van der Waals surface area contributed by atoms with Crippen LogP contribution in [-0.4, -0.2) is 13.2 Å². The molecule has 2 aromatic carbocycles. The molecule has 3 heteroatoms. The summed E-state index contributed by atoms with van der Waals surface area (Å²) in [5.41, 5.74) is 2.38. The second-order valence-corrected chi connectivity index (χ2v) is 6.06. The van der Waals surface area contributed by atoms with E-state index in [0.29, 0.717) is 0 Å². The van der Waals surface area contributed by atoms with Gasteiger partial charge in [0.2, 0.25) is 0 Å². The van der Waals surface area contributed by atoms with Gasteiger partial charge in [0.25, 0.3) is 0 Å². The average molecular weight is 365 g/mol. The van der Waals surface area contributed by atoms with Crippen molar-refractivity contribution in [2.75, 3.05) is 18.5 Å². The fourth-order valence-corrected chi connectivity index (χ4v) is 2.89. The second-order valence-electron chi connectivity index (χ2n) is 4.68. The van der Waals surface area contributed by atoms with E-state index in [2.05, 4.69) is 71.2 Å². The van der Waals surface area contributed by atoms with Gasteiger partial charge in [-0.3, -0.25) is 0 Å². The monoisotopic (exact) mass is 365 g/mol. The van der Waals surface area contributed by atoms with Gasteiger partial charge in [-0.25, -0.2) is 0 Å². The fraction of sp³-hybridized carbons (Fsp3) is 0.250. The molecule has 0 saturated carbocycles. The molecule has 0 aromatic heterocycles. The lowest BCUT2D eigenvalue weighted by Gasteiger charge is -2.21. The molecule has 1 heterocycles. The average Bonchev–Trinajstić information content (AvgIpc) is 2.44. The first-order valence-electron chi connectivity index (χ1n) is 6.58. The van der Waals surface area contributed by atoms with E-state index in [1.54, 1.807) is 0 Å². The zero-order valence-corrected chi connectivity index (χ0v) is 13.0. The van der Waals surface area contributed by atoms with Gasteiger partial charge in [0.05, 0.1) is 12.3 Å². The minimum absolute atomic E-state index is 0.757. The van der Waals surface area contributed by atoms with Crippen molar-refractivity contribution in [2.45, 2.75) is 13.3 Å². The van der Waals surface area contributed by atoms with Gasteiger partial charge in [-0.2, -0.15) is 0 Å². The summed E-state index contributed by atoms with van der Waals surface area (Å²) in [5, 5.41) is 5.99. The Bertz CT molecular complexity index is 648. The van der Waals surface area contributed by atoms with Crippen LogP contribution < -0.4 is 10.1 Å². The molecule has 0 atom stereocenters. The highest BCUT2D eigenvalue weighted by atomic mass is 127. The normalized spacial score (nSPS) is 13.7. The van der Waals surface area contributed by atoms with Crippen LogP contribution in [-0.2, 0) is 0 Å². The number of benzene rings is 2. The molecule has 98 valence electrons. The quantitative estimate of drug-likeness (QED) is 0.787. The molecule has 0 saturated heterocycles. The van der Waals surface area contributed by atoms with Gasteiger partial charge in [-0.1, -0.05) is 31.2 Å². The van der Waals surface area contributed by atoms with E-state index in [0.717, 1.165) is 31.0 Å². The molecule has 1 aliphatic heterocycles. The minimum atomic E-state index is 0.757. The van der Waals surface area contributed by atoms with Crippen LogP contribution in [0.2, 0.25) is 0 Å². The van der Waals surface area contributed by atoms with Crippen molar-refractivity contribution in [3.05, 3.63) is 39.5 Å². The third-order valence-electron chi connectivity index (χ3n) is 3.25. The third kappa shape index (κ3) is 2.43. The summed E-state index contributed by atoms with van der Waals surface area (Å²) in [5.74, 6) is 0.968. The van der Waals surface area contributed by atoms with Crippen LogP contribution in [0, 0.1) is 0 Å². The first-order chi connectivity index (χ1) is 9.29. The molecule has 3 rings (SSSR count). The highest BCUT2D eigenvalue weighted by Crippen LogP contribution is 2.40. The number of anilines is 1. The molecule has 0 bridgehead atoms. The van der Waals surface area contributed by atoms with Crippen LogP contribution in [0.4, 0.5) is 5.69 Å². The Morgan fingerprint density at radius 1 is 1.32 bits per heavy atom. The Morgan fingerprint density at radius 3 is 3.00 bits per heavy atom. The summed E-state index contributed by atoms with van der Waals surface area (Å²) < 4.78 is 7.22. The van der Waals surface area contributed by atoms with Crippen molar-refractivity contribution in [3.63, 3.8) is 0 Å². The van der Waals surface area contributed by atoms with E-state index in [1.807, 2.05) is 0 Å². The van der Waals surface area contributed by atoms with Crippen LogP contribution in [0.15, 0.2) is 33.9 Å². The Kier molecular flexibility index (Phi) is 3.64. The summed E-state index contributed by atoms with van der Waals surface area (Å²) in [6.07, 6.45) is 3.28. The Balaban J connectivity index is 2.22. The highest BCUT2D eigenvalue weighted by Gasteiger charge is 2.16. The highest BCUT2D eigenvalue weighted by molar-refractivity contribution is 14.1. The second kappa shape index (κ2) is 5.41. The number of rotatable bonds is 3. The lowest BCUT2D eigenvalue weighted by Crippen LogP contribution is -2.10. The predicted molar refractivity (Wildman–Crippen MR) is 90.2 cm³/mol. The Labute approximate surface area is 127 Å². The lowest BCUT2D eigenvalue weighted by molar-refractivity contribution is 0.319. The first-order valence-corrected chi connectivity index (χ1v) is 7.66. The third-order valence-corrected chi connectivity index (χ3v) is 3.94. The minimum Gasteiger partial charge on any atom is -0.491 e. The Morgan fingerprint density at radius 2 is 2.16 bits per heavy atom. The molecule has 0 fully saturated rings. The van der Waals surface area contributed by atoms with Crippen LogP contribution >= 0.6 is 22.6 Å². The van der Waals surface area contributed by atoms with Gasteiger partial charge < -0.3 is 10.1 Å². The molecular weight excluding hydrogens is 349 g/mol. The number of hydrogen-bond donors (Lipinski definition) is 1. The van der Waals surface area contributed by atoms with Crippen molar-refractivity contribution in [1.29, 1.82) is 0 Å². The molecule has 0 spiro atoms. The summed E-state index contributed by atoms with van der Waals surface area (Å²) in [4.78, 5) is 0. The topological polar surface area (TPSA) is 21.3 Å². The first kappa shape index (κ1) is 12.8. The van der Waals surface area contributed by atoms with Crippen molar-refractivity contribution < 1.29 is 4.74 Å². The van der Waals surface area contributed by atoms with Crippen molar-refractivity contribution in [2.24, 2.45) is 0 Å². The fourth-order valence-electron chi connectivity index (χ4n) is 2.39. The maximum Gasteiger partial charge on any atom is 0.143 e. The van der Waals surface area contributed by atoms with Gasteiger partial charge in [-0.05, 0) is 51.9 Å². The van der Waals surface area contributed by atoms with Crippen molar-refractivity contribution in [3.8, 4) is 5.75 Å². The van der Waals surface area contributed by atoms with E-state index < -0.39 is 0 Å². The van der Waals surface area contributed by atoms with E-state index >= 15 is 0 Å². The maximum absolute atomic E-state index is 5.90. The van der Waals surface area contributed by atoms with Crippen LogP contribution in [0.5, 0.6) is 5.75 Å². The number of fused-ring (bicyclic) bond motifs is 3. The molecular formula is C16H16INO. The largest absolute Gasteiger partial charge is 0.491 e. The SMILES string of the molecule is CCCOc1cc2ccccc2c2c1NCC(I)=C2. The smallest absolute Gasteiger partial charge is 0.143 e. The van der Waals surface area contributed by atoms with Crippen LogP contribution in [0.1, 0.15) is 18.9 Å². The molecule has 1 N–H and O–H groups in total. The lowest BCUT2D eigenvalue weighted by atomic mass is 9.99. The standard InChI is InChI=1S/C16H16INO/c1-2-7-19-15-8-11-5-3-4-6-13(11)14-9-12(17)10-18-16(14)15/h3-6,8-9,18H,2,7,10H2,1H3. The zero-order valence-electron chi connectivity index (χ0n) is 10.9. The van der Waals surface area contributed by atoms with Gasteiger partial charge in [-0.15, -0.1) is 0 Å². The van der Waals surface area contributed by atoms with E-state index in [4.69, 9.17) is 4.74 Å². The number of halogens is 1. The molecule has 0 unspecified atom stereocenters. The van der Waals surface area contributed by atoms with Crippen LogP contribution in [0.3, 0.4) is 0 Å². The molecule has 2 aromatic rings. The maximum atomic E-state index is 5.90. The summed E-state index contributed by atoms with van der Waals surface area (Å²) in [6.45, 7) is 3.77. The molecule has 2 nitrogen and oxygen atoms in total. The van der Waals surface area contributed by atoms with E-state index in [9.17, 15) is 0 Å². The van der Waals surface area contributed by atoms with Gasteiger partial charge in [0.15, 0.2) is 0 Å². The van der Waals surface area contributed by atoms with Gasteiger partial charge >= 0.3 is 0 Å². The van der Waals surface area contributed by atoms with Crippen molar-refractivity contribution in [1.82, 2.24) is 0 Å². The molecule has 19 heavy (non-hydrogen) atoms. The number of hydrogen-bond acceptors (Lipinski definition) is 2. The van der Waals surface area contributed by atoms with E-state index in [-0.39, 0.29) is 0 Å². The van der Waals surface area contributed by atoms with Crippen molar-refractivity contribution >= 4 is 45.1 Å². The number of ether oxygens (including phenoxy) is 1. The van der Waals surface area contributed by atoms with Gasteiger partial charge in [0, 0.05) is 15.7 Å². The van der Waals surface area contributed by atoms with Gasteiger partial charge in [0.1, 0.15) is 5.75 Å². The molecule has 0 radical (unpaired) electrons. The molecule has 1 aliphatic rings. The summed E-state index contributed by atoms with van der Waals surface area (Å²) in [6, 6.07) is 10.6. The Hall–Kier alpha value is -1.23.